The first-order valence-corrected chi connectivity index (χ1v) is 5.86. The van der Waals surface area contributed by atoms with E-state index in [0.29, 0.717) is 4.34 Å². The molecule has 0 saturated heterocycles. The van der Waals surface area contributed by atoms with Crippen LogP contribution in [-0.2, 0) is 0 Å². The number of thiophene rings is 2. The molecule has 4 heteroatoms. The van der Waals surface area contributed by atoms with Crippen LogP contribution in [0.2, 0.25) is 4.34 Å². The van der Waals surface area contributed by atoms with Crippen molar-refractivity contribution >= 4 is 34.3 Å². The summed E-state index contributed by atoms with van der Waals surface area (Å²) in [7, 11) is 0. The standard InChI is InChI=1S/C9H7ClOS2/c10-8-2-1-7(13-8)9(11)6-3-4-12-5-6/h1-5,9,11H/t9-/m0/s1. The van der Waals surface area contributed by atoms with E-state index in [1.54, 1.807) is 17.4 Å². The predicted molar refractivity (Wildman–Crippen MR) is 57.7 cm³/mol. The molecular weight excluding hydrogens is 224 g/mol. The third kappa shape index (κ3) is 1.94. The molecule has 2 aromatic heterocycles. The van der Waals surface area contributed by atoms with E-state index in [2.05, 4.69) is 0 Å². The van der Waals surface area contributed by atoms with Crippen molar-refractivity contribution in [2.75, 3.05) is 0 Å². The molecule has 0 aromatic carbocycles. The van der Waals surface area contributed by atoms with Crippen molar-refractivity contribution in [2.24, 2.45) is 0 Å². The Morgan fingerprint density at radius 1 is 1.31 bits per heavy atom. The molecule has 0 amide bonds. The van der Waals surface area contributed by atoms with Crippen LogP contribution in [0.1, 0.15) is 16.5 Å². The molecule has 0 radical (unpaired) electrons. The van der Waals surface area contributed by atoms with Gasteiger partial charge in [0, 0.05) is 4.88 Å². The summed E-state index contributed by atoms with van der Waals surface area (Å²) in [5.41, 5.74) is 0.934. The third-order valence-electron chi connectivity index (χ3n) is 1.72. The highest BCUT2D eigenvalue weighted by molar-refractivity contribution is 7.16. The lowest BCUT2D eigenvalue weighted by Crippen LogP contribution is -1.93. The van der Waals surface area contributed by atoms with Gasteiger partial charge in [0.25, 0.3) is 0 Å². The van der Waals surface area contributed by atoms with Gasteiger partial charge in [0.05, 0.1) is 4.34 Å². The molecule has 0 bridgehead atoms. The average Bonchev–Trinajstić information content (AvgIpc) is 2.72. The molecule has 2 rings (SSSR count). The maximum atomic E-state index is 9.85. The molecule has 68 valence electrons. The molecule has 1 nitrogen and oxygen atoms in total. The van der Waals surface area contributed by atoms with E-state index in [0.717, 1.165) is 10.4 Å². The first-order chi connectivity index (χ1) is 6.27. The topological polar surface area (TPSA) is 20.2 Å². The maximum absolute atomic E-state index is 9.85. The molecule has 0 saturated carbocycles. The van der Waals surface area contributed by atoms with E-state index in [4.69, 9.17) is 11.6 Å². The monoisotopic (exact) mass is 230 g/mol. The highest BCUT2D eigenvalue weighted by Crippen LogP contribution is 2.31. The SMILES string of the molecule is O[C@@H](c1ccsc1)c1ccc(Cl)s1. The normalized spacial score (nSPS) is 13.1. The number of aliphatic hydroxyl groups excluding tert-OH is 1. The summed E-state index contributed by atoms with van der Waals surface area (Å²) in [6, 6.07) is 5.58. The van der Waals surface area contributed by atoms with Crippen LogP contribution in [0.3, 0.4) is 0 Å². The fourth-order valence-corrected chi connectivity index (χ4v) is 2.82. The van der Waals surface area contributed by atoms with Crippen molar-refractivity contribution in [2.45, 2.75) is 6.10 Å². The maximum Gasteiger partial charge on any atom is 0.114 e. The zero-order chi connectivity index (χ0) is 9.26. The van der Waals surface area contributed by atoms with Gasteiger partial charge in [0.15, 0.2) is 0 Å². The lowest BCUT2D eigenvalue weighted by atomic mass is 10.2. The van der Waals surface area contributed by atoms with Crippen molar-refractivity contribution in [1.29, 1.82) is 0 Å². The number of hydrogen-bond acceptors (Lipinski definition) is 3. The van der Waals surface area contributed by atoms with Crippen LogP contribution >= 0.6 is 34.3 Å². The molecule has 0 aliphatic heterocycles. The van der Waals surface area contributed by atoms with Crippen LogP contribution in [0.15, 0.2) is 29.0 Å². The molecule has 2 aromatic rings. The van der Waals surface area contributed by atoms with Gasteiger partial charge in [-0.25, -0.2) is 0 Å². The number of rotatable bonds is 2. The molecule has 0 aliphatic carbocycles. The van der Waals surface area contributed by atoms with Crippen LogP contribution in [0.25, 0.3) is 0 Å². The summed E-state index contributed by atoms with van der Waals surface area (Å²) in [5, 5.41) is 13.7. The van der Waals surface area contributed by atoms with Crippen LogP contribution in [0, 0.1) is 0 Å². The number of hydrogen-bond donors (Lipinski definition) is 1. The summed E-state index contributed by atoms with van der Waals surface area (Å²) in [6.45, 7) is 0. The van der Waals surface area contributed by atoms with E-state index in [1.807, 2.05) is 22.9 Å². The fraction of sp³-hybridized carbons (Fsp3) is 0.111. The summed E-state index contributed by atoms with van der Waals surface area (Å²) < 4.78 is 0.712. The molecule has 1 atom stereocenters. The highest BCUT2D eigenvalue weighted by Gasteiger charge is 2.12. The second-order valence-corrected chi connectivity index (χ2v) is 5.13. The van der Waals surface area contributed by atoms with Crippen molar-refractivity contribution in [3.63, 3.8) is 0 Å². The van der Waals surface area contributed by atoms with Crippen molar-refractivity contribution in [1.82, 2.24) is 0 Å². The summed E-state index contributed by atoms with van der Waals surface area (Å²) >= 11 is 8.77. The van der Waals surface area contributed by atoms with Gasteiger partial charge in [-0.3, -0.25) is 0 Å². The van der Waals surface area contributed by atoms with Gasteiger partial charge in [0.1, 0.15) is 6.10 Å². The van der Waals surface area contributed by atoms with Gasteiger partial charge in [0.2, 0.25) is 0 Å². The lowest BCUT2D eigenvalue weighted by molar-refractivity contribution is 0.224. The first kappa shape index (κ1) is 9.21. The van der Waals surface area contributed by atoms with E-state index < -0.39 is 6.10 Å². The van der Waals surface area contributed by atoms with Crippen molar-refractivity contribution in [3.05, 3.63) is 43.7 Å². The molecular formula is C9H7ClOS2. The Morgan fingerprint density at radius 2 is 2.15 bits per heavy atom. The van der Waals surface area contributed by atoms with E-state index in [1.165, 1.54) is 11.3 Å². The zero-order valence-corrected chi connectivity index (χ0v) is 8.99. The Labute approximate surface area is 89.2 Å². The molecule has 0 unspecified atom stereocenters. The number of halogens is 1. The molecule has 13 heavy (non-hydrogen) atoms. The summed E-state index contributed by atoms with van der Waals surface area (Å²) in [4.78, 5) is 0.892. The van der Waals surface area contributed by atoms with Gasteiger partial charge >= 0.3 is 0 Å². The predicted octanol–water partition coefficient (Wildman–Crippen LogP) is 3.54. The largest absolute Gasteiger partial charge is 0.383 e. The van der Waals surface area contributed by atoms with Gasteiger partial charge in [-0.1, -0.05) is 11.6 Å². The van der Waals surface area contributed by atoms with Crippen LogP contribution in [0.5, 0.6) is 0 Å². The minimum absolute atomic E-state index is 0.524. The van der Waals surface area contributed by atoms with Gasteiger partial charge in [-0.2, -0.15) is 11.3 Å². The van der Waals surface area contributed by atoms with Gasteiger partial charge in [-0.15, -0.1) is 11.3 Å². The van der Waals surface area contributed by atoms with Crippen molar-refractivity contribution < 1.29 is 5.11 Å². The smallest absolute Gasteiger partial charge is 0.114 e. The van der Waals surface area contributed by atoms with E-state index in [-0.39, 0.29) is 0 Å². The van der Waals surface area contributed by atoms with E-state index >= 15 is 0 Å². The second kappa shape index (κ2) is 3.80. The Balaban J connectivity index is 2.28. The van der Waals surface area contributed by atoms with Crippen LogP contribution in [0.4, 0.5) is 0 Å². The van der Waals surface area contributed by atoms with Gasteiger partial charge < -0.3 is 5.11 Å². The summed E-state index contributed by atoms with van der Waals surface area (Å²) in [5.74, 6) is 0. The van der Waals surface area contributed by atoms with Crippen LogP contribution < -0.4 is 0 Å². The van der Waals surface area contributed by atoms with Crippen LogP contribution in [-0.4, -0.2) is 5.11 Å². The quantitative estimate of drug-likeness (QED) is 0.837. The number of aliphatic hydroxyl groups is 1. The van der Waals surface area contributed by atoms with Gasteiger partial charge in [-0.05, 0) is 34.5 Å². The minimum atomic E-state index is -0.524. The molecule has 0 fully saturated rings. The molecule has 0 spiro atoms. The third-order valence-corrected chi connectivity index (χ3v) is 3.71. The zero-order valence-electron chi connectivity index (χ0n) is 6.61. The molecule has 1 N–H and O–H groups in total. The van der Waals surface area contributed by atoms with Crippen molar-refractivity contribution in [3.8, 4) is 0 Å². The highest BCUT2D eigenvalue weighted by atomic mass is 35.5. The molecule has 0 aliphatic rings. The second-order valence-electron chi connectivity index (χ2n) is 2.60. The molecule has 2 heterocycles. The average molecular weight is 231 g/mol. The lowest BCUT2D eigenvalue weighted by Gasteiger charge is -2.04. The fourth-order valence-electron chi connectivity index (χ4n) is 1.07. The Bertz CT molecular complexity index is 380. The Hall–Kier alpha value is -0.350. The summed E-state index contributed by atoms with van der Waals surface area (Å²) in [6.07, 6.45) is -0.524. The Morgan fingerprint density at radius 3 is 2.69 bits per heavy atom. The minimum Gasteiger partial charge on any atom is -0.383 e. The Kier molecular flexibility index (Phi) is 2.69. The first-order valence-electron chi connectivity index (χ1n) is 3.73. The van der Waals surface area contributed by atoms with E-state index in [9.17, 15) is 5.11 Å².